The van der Waals surface area contributed by atoms with Crippen molar-refractivity contribution in [3.8, 4) is 16.9 Å². The molecule has 1 heterocycles. The maximum absolute atomic E-state index is 12.9. The second kappa shape index (κ2) is 10.0. The molecule has 1 aromatic heterocycles. The molecule has 0 fully saturated rings. The topological polar surface area (TPSA) is 67.2 Å². The zero-order chi connectivity index (χ0) is 23.4. The average Bonchev–Trinajstić information content (AvgIpc) is 3.15. The summed E-state index contributed by atoms with van der Waals surface area (Å²) in [4.78, 5) is 31.7. The number of benzene rings is 2. The summed E-state index contributed by atoms with van der Waals surface area (Å²) in [7, 11) is 0. The van der Waals surface area contributed by atoms with Crippen molar-refractivity contribution in [2.24, 2.45) is 5.92 Å². The maximum Gasteiger partial charge on any atom is 0.246 e. The Bertz CT molecular complexity index is 1100. The Labute approximate surface area is 194 Å². The van der Waals surface area contributed by atoms with E-state index in [0.717, 1.165) is 16.8 Å². The third-order valence-corrected chi connectivity index (χ3v) is 5.34. The fourth-order valence-corrected chi connectivity index (χ4v) is 3.49. The van der Waals surface area contributed by atoms with Crippen molar-refractivity contribution in [2.45, 2.75) is 40.7 Å². The van der Waals surface area contributed by atoms with E-state index in [9.17, 15) is 9.59 Å². The van der Waals surface area contributed by atoms with Crippen LogP contribution in [0.15, 0.2) is 54.7 Å². The molecule has 0 unspecified atom stereocenters. The number of carbonyl (C=O) groups excluding carboxylic acids is 2. The number of imidazole rings is 1. The van der Waals surface area contributed by atoms with Crippen molar-refractivity contribution in [2.75, 3.05) is 11.9 Å². The first kappa shape index (κ1) is 23.5. The molecule has 0 bridgehead atoms. The third-order valence-electron chi connectivity index (χ3n) is 5.09. The van der Waals surface area contributed by atoms with Gasteiger partial charge in [0.05, 0.1) is 5.69 Å². The summed E-state index contributed by atoms with van der Waals surface area (Å²) in [5, 5.41) is 3.54. The lowest BCUT2D eigenvalue weighted by atomic mass is 10.1. The Kier molecular flexibility index (Phi) is 7.36. The van der Waals surface area contributed by atoms with E-state index < -0.39 is 0 Å². The van der Waals surface area contributed by atoms with Gasteiger partial charge in [-0.1, -0.05) is 49.7 Å². The molecule has 3 aromatic rings. The number of hydrogen-bond donors (Lipinski definition) is 1. The number of amides is 2. The van der Waals surface area contributed by atoms with Crippen molar-refractivity contribution in [3.63, 3.8) is 0 Å². The Morgan fingerprint density at radius 1 is 1.09 bits per heavy atom. The van der Waals surface area contributed by atoms with E-state index in [1.807, 2.05) is 81.8 Å². The lowest BCUT2D eigenvalue weighted by Crippen LogP contribution is -2.44. The van der Waals surface area contributed by atoms with Crippen LogP contribution in [-0.2, 0) is 9.59 Å². The van der Waals surface area contributed by atoms with Crippen LogP contribution in [0.4, 0.5) is 5.95 Å². The molecule has 2 aromatic carbocycles. The zero-order valence-electron chi connectivity index (χ0n) is 19.1. The van der Waals surface area contributed by atoms with Gasteiger partial charge in [-0.05, 0) is 50.6 Å². The highest BCUT2D eigenvalue weighted by Gasteiger charge is 2.23. The van der Waals surface area contributed by atoms with Gasteiger partial charge < -0.3 is 4.90 Å². The van der Waals surface area contributed by atoms with Crippen molar-refractivity contribution < 1.29 is 9.59 Å². The highest BCUT2D eigenvalue weighted by Crippen LogP contribution is 2.26. The summed E-state index contributed by atoms with van der Waals surface area (Å²) >= 11 is 6.02. The molecule has 0 saturated carbocycles. The van der Waals surface area contributed by atoms with Gasteiger partial charge >= 0.3 is 0 Å². The van der Waals surface area contributed by atoms with E-state index in [4.69, 9.17) is 11.6 Å². The Morgan fingerprint density at radius 2 is 1.78 bits per heavy atom. The fraction of sp³-hybridized carbons (Fsp3) is 0.320. The van der Waals surface area contributed by atoms with Gasteiger partial charge in [-0.3, -0.25) is 19.5 Å². The lowest BCUT2D eigenvalue weighted by Gasteiger charge is -2.27. The predicted molar refractivity (Wildman–Crippen MR) is 129 cm³/mol. The number of aryl methyl sites for hydroxylation is 1. The molecular weight excluding hydrogens is 424 g/mol. The minimum Gasteiger partial charge on any atom is -0.331 e. The van der Waals surface area contributed by atoms with Gasteiger partial charge in [0.15, 0.2) is 0 Å². The summed E-state index contributed by atoms with van der Waals surface area (Å²) in [6.45, 7) is 9.44. The smallest absolute Gasteiger partial charge is 0.246 e. The molecule has 2 amide bonds. The zero-order valence-corrected chi connectivity index (χ0v) is 19.8. The minimum absolute atomic E-state index is 0.0361. The number of anilines is 1. The Morgan fingerprint density at radius 3 is 2.38 bits per heavy atom. The van der Waals surface area contributed by atoms with Crippen LogP contribution < -0.4 is 5.32 Å². The summed E-state index contributed by atoms with van der Waals surface area (Å²) in [6.07, 6.45) is 1.88. The van der Waals surface area contributed by atoms with Crippen LogP contribution in [0.25, 0.3) is 16.9 Å². The number of nitrogens with zero attached hydrogens (tertiary/aromatic N) is 3. The van der Waals surface area contributed by atoms with Crippen LogP contribution in [0.2, 0.25) is 5.02 Å². The molecule has 0 aliphatic carbocycles. The number of rotatable bonds is 7. The lowest BCUT2D eigenvalue weighted by molar-refractivity contribution is -0.139. The molecule has 0 atom stereocenters. The van der Waals surface area contributed by atoms with Crippen LogP contribution >= 0.6 is 11.6 Å². The van der Waals surface area contributed by atoms with Gasteiger partial charge in [0.25, 0.3) is 0 Å². The highest BCUT2D eigenvalue weighted by atomic mass is 35.5. The standard InChI is InChI=1S/C25H29ClN4O2/c1-16(2)24(32)29(17(3)4)15-23(31)28-25-27-22(19-9-11-20(26)12-10-19)14-30(25)21-8-6-7-18(5)13-21/h6-14,16-17H,15H2,1-5H3,(H,27,28,31). The monoisotopic (exact) mass is 452 g/mol. The van der Waals surface area contributed by atoms with E-state index >= 15 is 0 Å². The predicted octanol–water partition coefficient (Wildman–Crippen LogP) is 5.33. The SMILES string of the molecule is Cc1cccc(-n2cc(-c3ccc(Cl)cc3)nc2NC(=O)CN(C(=O)C(C)C)C(C)C)c1. The van der Waals surface area contributed by atoms with Crippen LogP contribution in [0.3, 0.4) is 0 Å². The van der Waals surface area contributed by atoms with Gasteiger partial charge in [0.1, 0.15) is 6.54 Å². The number of nitrogens with one attached hydrogen (secondary N) is 1. The quantitative estimate of drug-likeness (QED) is 0.526. The van der Waals surface area contributed by atoms with Crippen LogP contribution in [0.5, 0.6) is 0 Å². The largest absolute Gasteiger partial charge is 0.331 e. The van der Waals surface area contributed by atoms with Crippen LogP contribution in [-0.4, -0.2) is 38.9 Å². The van der Waals surface area contributed by atoms with Gasteiger partial charge in [0.2, 0.25) is 17.8 Å². The van der Waals surface area contributed by atoms with Crippen molar-refractivity contribution in [3.05, 3.63) is 65.3 Å². The minimum atomic E-state index is -0.296. The first-order valence-electron chi connectivity index (χ1n) is 10.7. The van der Waals surface area contributed by atoms with Crippen LogP contribution in [0.1, 0.15) is 33.3 Å². The molecule has 3 rings (SSSR count). The number of hydrogen-bond acceptors (Lipinski definition) is 3. The maximum atomic E-state index is 12.9. The second-order valence-corrected chi connectivity index (χ2v) is 8.86. The molecule has 0 aliphatic heterocycles. The molecule has 7 heteroatoms. The molecule has 0 aliphatic rings. The molecule has 6 nitrogen and oxygen atoms in total. The van der Waals surface area contributed by atoms with Crippen molar-refractivity contribution in [1.29, 1.82) is 0 Å². The average molecular weight is 453 g/mol. The fourth-order valence-electron chi connectivity index (χ4n) is 3.37. The third kappa shape index (κ3) is 5.56. The molecule has 32 heavy (non-hydrogen) atoms. The summed E-state index contributed by atoms with van der Waals surface area (Å²) in [5.74, 6) is -0.142. The normalized spacial score (nSPS) is 11.1. The van der Waals surface area contributed by atoms with Gasteiger partial charge in [-0.15, -0.1) is 0 Å². The number of halogens is 1. The van der Waals surface area contributed by atoms with Crippen molar-refractivity contribution in [1.82, 2.24) is 14.5 Å². The Hall–Kier alpha value is -3.12. The van der Waals surface area contributed by atoms with E-state index in [2.05, 4.69) is 10.3 Å². The molecule has 0 radical (unpaired) electrons. The number of carbonyl (C=O) groups is 2. The van der Waals surface area contributed by atoms with E-state index in [-0.39, 0.29) is 30.3 Å². The summed E-state index contributed by atoms with van der Waals surface area (Å²) in [6, 6.07) is 15.2. The molecular formula is C25H29ClN4O2. The van der Waals surface area contributed by atoms with Gasteiger partial charge in [-0.2, -0.15) is 0 Å². The highest BCUT2D eigenvalue weighted by molar-refractivity contribution is 6.30. The second-order valence-electron chi connectivity index (χ2n) is 8.43. The van der Waals surface area contributed by atoms with Crippen molar-refractivity contribution >= 4 is 29.4 Å². The first-order chi connectivity index (χ1) is 15.2. The molecule has 0 spiro atoms. The Balaban J connectivity index is 1.94. The first-order valence-corrected chi connectivity index (χ1v) is 11.1. The molecule has 1 N–H and O–H groups in total. The number of aromatic nitrogens is 2. The van der Waals surface area contributed by atoms with Gasteiger partial charge in [0, 0.05) is 34.4 Å². The molecule has 168 valence electrons. The van der Waals surface area contributed by atoms with E-state index in [1.54, 1.807) is 17.0 Å². The van der Waals surface area contributed by atoms with Gasteiger partial charge in [-0.25, -0.2) is 4.98 Å². The van der Waals surface area contributed by atoms with Crippen LogP contribution in [0, 0.1) is 12.8 Å². The summed E-state index contributed by atoms with van der Waals surface area (Å²) in [5.41, 5.74) is 3.56. The van der Waals surface area contributed by atoms with E-state index in [1.165, 1.54) is 0 Å². The van der Waals surface area contributed by atoms with E-state index in [0.29, 0.717) is 16.7 Å². The molecule has 0 saturated heterocycles. The summed E-state index contributed by atoms with van der Waals surface area (Å²) < 4.78 is 1.85.